The van der Waals surface area contributed by atoms with Crippen LogP contribution in [0.2, 0.25) is 10.3 Å². The third kappa shape index (κ3) is 2.13. The largest absolute Gasteiger partial charge is 0.294 e. The summed E-state index contributed by atoms with van der Waals surface area (Å²) in [5.74, 6) is 1.53. The van der Waals surface area contributed by atoms with Gasteiger partial charge < -0.3 is 0 Å². The number of halogens is 2. The topological polar surface area (TPSA) is 30.7 Å². The van der Waals surface area contributed by atoms with Gasteiger partial charge in [-0.25, -0.2) is 0 Å². The summed E-state index contributed by atoms with van der Waals surface area (Å²) in [6, 6.07) is 7.94. The molecule has 0 radical (unpaired) electrons. The Morgan fingerprint density at radius 1 is 1.17 bits per heavy atom. The molecule has 0 spiro atoms. The van der Waals surface area contributed by atoms with Gasteiger partial charge in [-0.1, -0.05) is 23.7 Å². The van der Waals surface area contributed by atoms with Gasteiger partial charge in [-0.05, 0) is 49.1 Å². The maximum Gasteiger partial charge on any atom is 0.225 e. The molecule has 3 nitrogen and oxygen atoms in total. The first-order chi connectivity index (χ1) is 8.66. The van der Waals surface area contributed by atoms with E-state index in [4.69, 9.17) is 23.2 Å². The van der Waals surface area contributed by atoms with Gasteiger partial charge in [0.05, 0.1) is 6.04 Å². The first-order valence-electron chi connectivity index (χ1n) is 6.02. The van der Waals surface area contributed by atoms with Crippen LogP contribution in [0.3, 0.4) is 0 Å². The minimum absolute atomic E-state index is 0.125. The van der Waals surface area contributed by atoms with Gasteiger partial charge in [0.25, 0.3) is 0 Å². The lowest BCUT2D eigenvalue weighted by Crippen LogP contribution is -2.10. The van der Waals surface area contributed by atoms with E-state index >= 15 is 0 Å². The summed E-state index contributed by atoms with van der Waals surface area (Å²) in [7, 11) is 0. The summed E-state index contributed by atoms with van der Waals surface area (Å²) in [4.78, 5) is 0. The van der Waals surface area contributed by atoms with Crippen molar-refractivity contribution in [3.8, 4) is 0 Å². The Labute approximate surface area is 116 Å². The maximum atomic E-state index is 6.16. The average Bonchev–Trinajstić information content (AvgIpc) is 3.13. The number of aromatic nitrogens is 3. The molecule has 1 aliphatic carbocycles. The Balaban J connectivity index is 1.98. The Bertz CT molecular complexity index is 558. The highest BCUT2D eigenvalue weighted by molar-refractivity contribution is 6.30. The molecule has 5 heteroatoms. The van der Waals surface area contributed by atoms with Gasteiger partial charge in [-0.3, -0.25) is 4.57 Å². The van der Waals surface area contributed by atoms with E-state index in [1.165, 1.54) is 12.8 Å². The van der Waals surface area contributed by atoms with Gasteiger partial charge in [-0.2, -0.15) is 0 Å². The summed E-state index contributed by atoms with van der Waals surface area (Å²) in [5, 5.41) is 9.39. The number of hydrogen-bond donors (Lipinski definition) is 0. The van der Waals surface area contributed by atoms with Gasteiger partial charge >= 0.3 is 0 Å². The monoisotopic (exact) mass is 281 g/mol. The molecule has 0 aliphatic heterocycles. The molecule has 1 fully saturated rings. The van der Waals surface area contributed by atoms with Gasteiger partial charge in [0.2, 0.25) is 5.28 Å². The minimum atomic E-state index is 0.125. The Morgan fingerprint density at radius 2 is 1.83 bits per heavy atom. The van der Waals surface area contributed by atoms with Crippen molar-refractivity contribution in [1.29, 1.82) is 0 Å². The molecule has 1 unspecified atom stereocenters. The van der Waals surface area contributed by atoms with E-state index in [1.54, 1.807) is 0 Å². The molecule has 1 aromatic carbocycles. The summed E-state index contributed by atoms with van der Waals surface area (Å²) in [6.45, 7) is 2.10. The molecule has 1 atom stereocenters. The molecule has 94 valence electrons. The highest BCUT2D eigenvalue weighted by atomic mass is 35.5. The summed E-state index contributed by atoms with van der Waals surface area (Å²) in [6.07, 6.45) is 2.37. The van der Waals surface area contributed by atoms with Crippen molar-refractivity contribution in [2.45, 2.75) is 31.7 Å². The van der Waals surface area contributed by atoms with Crippen LogP contribution in [0, 0.1) is 0 Å². The second-order valence-corrected chi connectivity index (χ2v) is 5.47. The molecular formula is C13H13Cl2N3. The summed E-state index contributed by atoms with van der Waals surface area (Å²) >= 11 is 12.1. The Kier molecular flexibility index (Phi) is 3.04. The fraction of sp³-hybridized carbons (Fsp3) is 0.385. The first-order valence-corrected chi connectivity index (χ1v) is 6.78. The summed E-state index contributed by atoms with van der Waals surface area (Å²) in [5.41, 5.74) is 1.16. The van der Waals surface area contributed by atoms with Crippen molar-refractivity contribution in [3.63, 3.8) is 0 Å². The highest BCUT2D eigenvalue weighted by Gasteiger charge is 2.31. The smallest absolute Gasteiger partial charge is 0.225 e. The average molecular weight is 282 g/mol. The van der Waals surface area contributed by atoms with E-state index in [0.29, 0.717) is 11.2 Å². The number of hydrogen-bond acceptors (Lipinski definition) is 2. The van der Waals surface area contributed by atoms with E-state index in [-0.39, 0.29) is 6.04 Å². The molecule has 0 N–H and O–H groups in total. The number of nitrogens with zero attached hydrogens (tertiary/aromatic N) is 3. The van der Waals surface area contributed by atoms with Crippen LogP contribution in [0.4, 0.5) is 0 Å². The van der Waals surface area contributed by atoms with Crippen LogP contribution in [-0.2, 0) is 0 Å². The third-order valence-electron chi connectivity index (χ3n) is 3.36. The zero-order chi connectivity index (χ0) is 12.7. The maximum absolute atomic E-state index is 6.16. The van der Waals surface area contributed by atoms with Crippen molar-refractivity contribution in [1.82, 2.24) is 14.8 Å². The Morgan fingerprint density at radius 3 is 2.44 bits per heavy atom. The molecule has 1 saturated carbocycles. The highest BCUT2D eigenvalue weighted by Crippen LogP contribution is 2.41. The van der Waals surface area contributed by atoms with Crippen LogP contribution in [0.5, 0.6) is 0 Å². The predicted molar refractivity (Wildman–Crippen MR) is 72.3 cm³/mol. The standard InChI is InChI=1S/C13H13Cl2N3/c1-8(9-4-6-11(14)7-5-9)18-12(10-2-3-10)16-17-13(18)15/h4-8,10H,2-3H2,1H3. The number of rotatable bonds is 3. The molecule has 18 heavy (non-hydrogen) atoms. The van der Waals surface area contributed by atoms with Crippen molar-refractivity contribution in [2.24, 2.45) is 0 Å². The predicted octanol–water partition coefficient (Wildman–Crippen LogP) is 4.07. The molecule has 3 rings (SSSR count). The van der Waals surface area contributed by atoms with Crippen LogP contribution in [-0.4, -0.2) is 14.8 Å². The third-order valence-corrected chi connectivity index (χ3v) is 3.87. The Hall–Kier alpha value is -1.06. The summed E-state index contributed by atoms with van der Waals surface area (Å²) < 4.78 is 2.02. The molecule has 1 heterocycles. The normalized spacial score (nSPS) is 16.8. The van der Waals surface area contributed by atoms with Crippen LogP contribution in [0.15, 0.2) is 24.3 Å². The van der Waals surface area contributed by atoms with Crippen molar-refractivity contribution in [3.05, 3.63) is 46.0 Å². The van der Waals surface area contributed by atoms with E-state index in [1.807, 2.05) is 28.8 Å². The van der Waals surface area contributed by atoms with Gasteiger partial charge in [-0.15, -0.1) is 10.2 Å². The van der Waals surface area contributed by atoms with Gasteiger partial charge in [0.15, 0.2) is 0 Å². The van der Waals surface area contributed by atoms with Crippen LogP contribution >= 0.6 is 23.2 Å². The van der Waals surface area contributed by atoms with Gasteiger partial charge in [0, 0.05) is 10.9 Å². The number of benzene rings is 1. The molecule has 0 amide bonds. The fourth-order valence-electron chi connectivity index (χ4n) is 2.15. The van der Waals surface area contributed by atoms with Crippen molar-refractivity contribution >= 4 is 23.2 Å². The van der Waals surface area contributed by atoms with E-state index in [0.717, 1.165) is 16.4 Å². The van der Waals surface area contributed by atoms with Gasteiger partial charge in [0.1, 0.15) is 5.82 Å². The second kappa shape index (κ2) is 4.56. The molecule has 1 aromatic heterocycles. The lowest BCUT2D eigenvalue weighted by Gasteiger charge is -2.16. The zero-order valence-corrected chi connectivity index (χ0v) is 11.5. The second-order valence-electron chi connectivity index (χ2n) is 4.70. The van der Waals surface area contributed by atoms with Crippen LogP contribution in [0.25, 0.3) is 0 Å². The molecule has 2 aromatic rings. The molecule has 1 aliphatic rings. The van der Waals surface area contributed by atoms with E-state index in [9.17, 15) is 0 Å². The lowest BCUT2D eigenvalue weighted by molar-refractivity contribution is 0.603. The molecular weight excluding hydrogens is 269 g/mol. The van der Waals surface area contributed by atoms with E-state index in [2.05, 4.69) is 17.1 Å². The van der Waals surface area contributed by atoms with Crippen molar-refractivity contribution < 1.29 is 0 Å². The lowest BCUT2D eigenvalue weighted by atomic mass is 10.1. The SMILES string of the molecule is CC(c1ccc(Cl)cc1)n1c(Cl)nnc1C1CC1. The molecule has 0 bridgehead atoms. The molecule has 0 saturated heterocycles. The minimum Gasteiger partial charge on any atom is -0.294 e. The van der Waals surface area contributed by atoms with Crippen molar-refractivity contribution in [2.75, 3.05) is 0 Å². The van der Waals surface area contributed by atoms with Crippen LogP contribution in [0.1, 0.15) is 43.1 Å². The fourth-order valence-corrected chi connectivity index (χ4v) is 2.55. The quantitative estimate of drug-likeness (QED) is 0.849. The first kappa shape index (κ1) is 12.0. The van der Waals surface area contributed by atoms with E-state index < -0.39 is 0 Å². The van der Waals surface area contributed by atoms with Crippen LogP contribution < -0.4 is 0 Å². The zero-order valence-electron chi connectivity index (χ0n) is 9.98.